The van der Waals surface area contributed by atoms with Crippen LogP contribution in [0.3, 0.4) is 0 Å². The van der Waals surface area contributed by atoms with Crippen LogP contribution in [-0.2, 0) is 21.4 Å². The second kappa shape index (κ2) is 9.88. The van der Waals surface area contributed by atoms with E-state index in [-0.39, 0.29) is 17.6 Å². The Balaban J connectivity index is 1.71. The first kappa shape index (κ1) is 22.7. The number of ketones is 1. The Kier molecular flexibility index (Phi) is 7.47. The van der Waals surface area contributed by atoms with Crippen LogP contribution < -0.4 is 9.64 Å². The molecule has 1 fully saturated rings. The lowest BCUT2D eigenvalue weighted by Crippen LogP contribution is -2.36. The number of aryl methyl sites for hydroxylation is 1. The molecule has 6 nitrogen and oxygen atoms in total. The molecule has 1 aromatic carbocycles. The van der Waals surface area contributed by atoms with Crippen molar-refractivity contribution in [2.24, 2.45) is 0 Å². The lowest BCUT2D eigenvalue weighted by Gasteiger charge is -2.28. The van der Waals surface area contributed by atoms with Crippen LogP contribution in [0.5, 0.6) is 5.75 Å². The van der Waals surface area contributed by atoms with E-state index in [1.807, 2.05) is 19.1 Å². The summed E-state index contributed by atoms with van der Waals surface area (Å²) in [7, 11) is 0. The van der Waals surface area contributed by atoms with Crippen molar-refractivity contribution in [2.45, 2.75) is 65.4 Å². The fourth-order valence-corrected chi connectivity index (χ4v) is 4.36. The number of ether oxygens (including phenoxy) is 2. The summed E-state index contributed by atoms with van der Waals surface area (Å²) in [5.74, 6) is 0.849. The molecule has 1 aliphatic heterocycles. The van der Waals surface area contributed by atoms with Crippen LogP contribution >= 0.6 is 11.3 Å². The first-order chi connectivity index (χ1) is 14.3. The van der Waals surface area contributed by atoms with E-state index in [0.29, 0.717) is 19.6 Å². The summed E-state index contributed by atoms with van der Waals surface area (Å²) in [6.07, 6.45) is 1.37. The van der Waals surface area contributed by atoms with Gasteiger partial charge >= 0.3 is 0 Å². The van der Waals surface area contributed by atoms with Crippen LogP contribution in [0.4, 0.5) is 5.13 Å². The van der Waals surface area contributed by atoms with Crippen LogP contribution in [0.2, 0.25) is 0 Å². The number of nitrogens with zero attached hydrogens (tertiary/aromatic N) is 3. The Bertz CT molecular complexity index is 859. The maximum atomic E-state index is 13.0. The van der Waals surface area contributed by atoms with Gasteiger partial charge in [-0.3, -0.25) is 4.79 Å². The van der Waals surface area contributed by atoms with Crippen molar-refractivity contribution in [1.29, 1.82) is 0 Å². The molecule has 3 rings (SSSR count). The number of morpholine rings is 1. The smallest absolute Gasteiger partial charge is 0.208 e. The minimum Gasteiger partial charge on any atom is -0.482 e. The summed E-state index contributed by atoms with van der Waals surface area (Å²) in [5, 5.41) is 10.1. The number of carbonyl (C=O) groups excluding carboxylic acids is 1. The molecule has 0 radical (unpaired) electrons. The zero-order valence-corrected chi connectivity index (χ0v) is 19.6. The number of hydrogen-bond donors (Lipinski definition) is 0. The van der Waals surface area contributed by atoms with Gasteiger partial charge in [0.2, 0.25) is 5.13 Å². The van der Waals surface area contributed by atoms with E-state index in [4.69, 9.17) is 9.47 Å². The Hall–Kier alpha value is -1.99. The van der Waals surface area contributed by atoms with E-state index in [0.717, 1.165) is 41.0 Å². The second-order valence-corrected chi connectivity index (χ2v) is 9.51. The van der Waals surface area contributed by atoms with E-state index in [1.165, 1.54) is 16.9 Å². The van der Waals surface area contributed by atoms with E-state index in [2.05, 4.69) is 48.9 Å². The summed E-state index contributed by atoms with van der Waals surface area (Å²) in [5.41, 5.74) is 2.33. The SMILES string of the molecule is CCC(Oc1ccc(C)cc1C(C)(C)CC)C(=O)Cc1nnc(N2CCOCC2)s1. The molecule has 1 aromatic heterocycles. The average molecular weight is 432 g/mol. The quantitative estimate of drug-likeness (QED) is 0.588. The summed E-state index contributed by atoms with van der Waals surface area (Å²) in [4.78, 5) is 15.2. The standard InChI is InChI=1S/C23H33N3O3S/c1-6-19(29-20-9-8-16(3)14-17(20)23(4,5)7-2)18(27)15-21-24-25-22(30-21)26-10-12-28-13-11-26/h8-9,14,19H,6-7,10-13,15H2,1-5H3. The van der Waals surface area contributed by atoms with Gasteiger partial charge in [-0.25, -0.2) is 0 Å². The molecule has 0 amide bonds. The van der Waals surface area contributed by atoms with E-state index in [1.54, 1.807) is 0 Å². The second-order valence-electron chi connectivity index (χ2n) is 8.47. The van der Waals surface area contributed by atoms with E-state index < -0.39 is 6.10 Å². The third-order valence-electron chi connectivity index (χ3n) is 5.81. The summed E-state index contributed by atoms with van der Waals surface area (Å²) in [6.45, 7) is 13.7. The van der Waals surface area contributed by atoms with Crippen molar-refractivity contribution < 1.29 is 14.3 Å². The number of benzene rings is 1. The van der Waals surface area contributed by atoms with Crippen LogP contribution in [0.1, 0.15) is 56.7 Å². The third kappa shape index (κ3) is 5.38. The highest BCUT2D eigenvalue weighted by molar-refractivity contribution is 7.15. The maximum absolute atomic E-state index is 13.0. The predicted molar refractivity (Wildman–Crippen MR) is 121 cm³/mol. The van der Waals surface area contributed by atoms with Crippen molar-refractivity contribution in [3.63, 3.8) is 0 Å². The average Bonchev–Trinajstić information content (AvgIpc) is 3.21. The van der Waals surface area contributed by atoms with Gasteiger partial charge in [-0.15, -0.1) is 10.2 Å². The van der Waals surface area contributed by atoms with Crippen LogP contribution in [0.25, 0.3) is 0 Å². The maximum Gasteiger partial charge on any atom is 0.208 e. The molecule has 30 heavy (non-hydrogen) atoms. The first-order valence-corrected chi connectivity index (χ1v) is 11.6. The highest BCUT2D eigenvalue weighted by atomic mass is 32.1. The van der Waals surface area contributed by atoms with Crippen LogP contribution in [-0.4, -0.2) is 48.4 Å². The molecule has 7 heteroatoms. The molecule has 1 aliphatic rings. The first-order valence-electron chi connectivity index (χ1n) is 10.8. The minimum atomic E-state index is -0.491. The minimum absolute atomic E-state index is 0.0189. The molecule has 0 spiro atoms. The molecule has 2 heterocycles. The predicted octanol–water partition coefficient (Wildman–Crippen LogP) is 4.34. The Morgan fingerprint density at radius 2 is 2.00 bits per heavy atom. The molecule has 0 bridgehead atoms. The number of hydrogen-bond acceptors (Lipinski definition) is 7. The lowest BCUT2D eigenvalue weighted by molar-refractivity contribution is -0.125. The van der Waals surface area contributed by atoms with Crippen LogP contribution in [0, 0.1) is 6.92 Å². The van der Waals surface area contributed by atoms with Gasteiger partial charge in [0, 0.05) is 18.7 Å². The molecule has 0 N–H and O–H groups in total. The van der Waals surface area contributed by atoms with Crippen LogP contribution in [0.15, 0.2) is 18.2 Å². The topological polar surface area (TPSA) is 64.5 Å². The Morgan fingerprint density at radius 3 is 2.67 bits per heavy atom. The van der Waals surface area contributed by atoms with Gasteiger partial charge in [-0.05, 0) is 31.2 Å². The van der Waals surface area contributed by atoms with Gasteiger partial charge < -0.3 is 14.4 Å². The van der Waals surface area contributed by atoms with Crippen molar-refractivity contribution >= 4 is 22.3 Å². The number of carbonyl (C=O) groups is 1. The zero-order valence-electron chi connectivity index (χ0n) is 18.7. The van der Waals surface area contributed by atoms with Gasteiger partial charge in [0.25, 0.3) is 0 Å². The Morgan fingerprint density at radius 1 is 1.27 bits per heavy atom. The van der Waals surface area contributed by atoms with Gasteiger partial charge in [0.05, 0.1) is 19.6 Å². The molecule has 2 aromatic rings. The lowest BCUT2D eigenvalue weighted by atomic mass is 9.81. The monoisotopic (exact) mass is 431 g/mol. The van der Waals surface area contributed by atoms with E-state index >= 15 is 0 Å². The zero-order chi connectivity index (χ0) is 21.7. The normalized spacial score (nSPS) is 15.8. The molecular weight excluding hydrogens is 398 g/mol. The molecule has 0 aliphatic carbocycles. The Labute approximate surface area is 183 Å². The molecule has 1 saturated heterocycles. The fraction of sp³-hybridized carbons (Fsp3) is 0.609. The molecular formula is C23H33N3O3S. The number of aromatic nitrogens is 2. The number of Topliss-reactive ketones (excluding diaryl/α,β-unsaturated/α-hetero) is 1. The number of rotatable bonds is 9. The van der Waals surface area contributed by atoms with E-state index in [9.17, 15) is 4.79 Å². The fourth-order valence-electron chi connectivity index (χ4n) is 3.46. The van der Waals surface area contributed by atoms with Crippen molar-refractivity contribution in [2.75, 3.05) is 31.2 Å². The van der Waals surface area contributed by atoms with Crippen molar-refractivity contribution in [3.05, 3.63) is 34.3 Å². The third-order valence-corrected chi connectivity index (χ3v) is 6.79. The van der Waals surface area contributed by atoms with Crippen molar-refractivity contribution in [3.8, 4) is 5.75 Å². The summed E-state index contributed by atoms with van der Waals surface area (Å²) >= 11 is 1.49. The molecule has 1 atom stereocenters. The van der Waals surface area contributed by atoms with Crippen molar-refractivity contribution in [1.82, 2.24) is 10.2 Å². The largest absolute Gasteiger partial charge is 0.482 e. The highest BCUT2D eigenvalue weighted by Gasteiger charge is 2.27. The highest BCUT2D eigenvalue weighted by Crippen LogP contribution is 2.35. The molecule has 1 unspecified atom stereocenters. The van der Waals surface area contributed by atoms with Gasteiger partial charge in [0.15, 0.2) is 11.9 Å². The summed E-state index contributed by atoms with van der Waals surface area (Å²) in [6, 6.07) is 6.22. The summed E-state index contributed by atoms with van der Waals surface area (Å²) < 4.78 is 11.7. The molecule has 0 saturated carbocycles. The van der Waals surface area contributed by atoms with Gasteiger partial charge in [0.1, 0.15) is 10.8 Å². The molecule has 164 valence electrons. The van der Waals surface area contributed by atoms with Gasteiger partial charge in [-0.1, -0.05) is 56.7 Å². The van der Waals surface area contributed by atoms with Gasteiger partial charge in [-0.2, -0.15) is 0 Å². The number of anilines is 1.